The van der Waals surface area contributed by atoms with Crippen molar-refractivity contribution < 1.29 is 16.8 Å². The second-order valence-corrected chi connectivity index (χ2v) is 8.20. The predicted octanol–water partition coefficient (Wildman–Crippen LogP) is 0.588. The number of hydrogen-bond donors (Lipinski definition) is 1. The van der Waals surface area contributed by atoms with Crippen LogP contribution in [-0.2, 0) is 19.9 Å². The highest BCUT2D eigenvalue weighted by molar-refractivity contribution is 9.10. The first-order valence-electron chi connectivity index (χ1n) is 3.97. The number of nitrogens with zero attached hydrogens (tertiary/aromatic N) is 1. The summed E-state index contributed by atoms with van der Waals surface area (Å²) in [6.45, 7) is 0. The molecule has 90 valence electrons. The molecule has 1 aromatic heterocycles. The molecule has 9 heteroatoms. The lowest BCUT2D eigenvalue weighted by atomic mass is 10.4. The maximum Gasteiger partial charge on any atom is 0.247 e. The Kier molecular flexibility index (Phi) is 3.92. The van der Waals surface area contributed by atoms with Gasteiger partial charge in [-0.1, -0.05) is 0 Å². The minimum absolute atomic E-state index is 0.249. The zero-order valence-corrected chi connectivity index (χ0v) is 11.4. The van der Waals surface area contributed by atoms with E-state index in [9.17, 15) is 16.8 Å². The topological polar surface area (TPSA) is 93.2 Å². The van der Waals surface area contributed by atoms with Gasteiger partial charge in [0.15, 0.2) is 14.9 Å². The second kappa shape index (κ2) is 4.68. The Morgan fingerprint density at radius 2 is 2.00 bits per heavy atom. The van der Waals surface area contributed by atoms with Crippen molar-refractivity contribution in [3.63, 3.8) is 0 Å². The fourth-order valence-corrected chi connectivity index (χ4v) is 4.42. The lowest BCUT2D eigenvalue weighted by Crippen LogP contribution is -2.22. The van der Waals surface area contributed by atoms with Gasteiger partial charge in [-0.25, -0.2) is 16.8 Å². The molecular formula is C7H9BrN2O4S2. The number of nitrogens with one attached hydrogen (secondary N) is 1. The summed E-state index contributed by atoms with van der Waals surface area (Å²) in [5.74, 6) is 0. The van der Waals surface area contributed by atoms with Crippen LogP contribution in [0.15, 0.2) is 22.9 Å². The molecule has 1 aromatic rings. The van der Waals surface area contributed by atoms with Crippen molar-refractivity contribution in [2.45, 2.75) is 0 Å². The summed E-state index contributed by atoms with van der Waals surface area (Å²) in [6.07, 6.45) is 3.65. The predicted molar refractivity (Wildman–Crippen MR) is 64.2 cm³/mol. The molecule has 0 fully saturated rings. The molecule has 0 aliphatic heterocycles. The van der Waals surface area contributed by atoms with Crippen LogP contribution in [0, 0.1) is 0 Å². The SMILES string of the molecule is CS(=O)(=O)CS(=O)(=O)Nc1ccncc1Br. The molecule has 16 heavy (non-hydrogen) atoms. The van der Waals surface area contributed by atoms with E-state index in [2.05, 4.69) is 25.6 Å². The minimum Gasteiger partial charge on any atom is -0.281 e. The summed E-state index contributed by atoms with van der Waals surface area (Å²) in [7, 11) is -7.51. The van der Waals surface area contributed by atoms with E-state index in [4.69, 9.17) is 0 Å². The fourth-order valence-electron chi connectivity index (χ4n) is 0.937. The average Bonchev–Trinajstić information content (AvgIpc) is 2.04. The summed E-state index contributed by atoms with van der Waals surface area (Å²) in [5, 5.41) is -0.950. The number of pyridine rings is 1. The molecule has 0 atom stereocenters. The Hall–Kier alpha value is -0.670. The molecule has 0 aliphatic carbocycles. The van der Waals surface area contributed by atoms with Crippen molar-refractivity contribution in [1.29, 1.82) is 0 Å². The van der Waals surface area contributed by atoms with Crippen molar-refractivity contribution >= 4 is 41.5 Å². The second-order valence-electron chi connectivity index (χ2n) is 3.12. The zero-order valence-electron chi connectivity index (χ0n) is 8.21. The molecule has 1 heterocycles. The van der Waals surface area contributed by atoms with Gasteiger partial charge in [-0.3, -0.25) is 9.71 Å². The number of hydrogen-bond acceptors (Lipinski definition) is 5. The van der Waals surface area contributed by atoms with Crippen LogP contribution >= 0.6 is 15.9 Å². The van der Waals surface area contributed by atoms with Crippen LogP contribution < -0.4 is 4.72 Å². The van der Waals surface area contributed by atoms with Crippen LogP contribution in [0.4, 0.5) is 5.69 Å². The Morgan fingerprint density at radius 1 is 1.38 bits per heavy atom. The molecule has 0 amide bonds. The lowest BCUT2D eigenvalue weighted by Gasteiger charge is -2.07. The molecule has 6 nitrogen and oxygen atoms in total. The Bertz CT molecular complexity index is 582. The summed E-state index contributed by atoms with van der Waals surface area (Å²) in [5.41, 5.74) is 0.249. The normalized spacial score (nSPS) is 12.4. The number of anilines is 1. The van der Waals surface area contributed by atoms with Crippen molar-refractivity contribution in [2.75, 3.05) is 16.1 Å². The van der Waals surface area contributed by atoms with Gasteiger partial charge in [0.05, 0.1) is 10.2 Å². The van der Waals surface area contributed by atoms with Crippen LogP contribution in [0.3, 0.4) is 0 Å². The van der Waals surface area contributed by atoms with E-state index >= 15 is 0 Å². The Morgan fingerprint density at radius 3 is 2.50 bits per heavy atom. The molecule has 0 saturated carbocycles. The van der Waals surface area contributed by atoms with Gasteiger partial charge in [0.2, 0.25) is 10.0 Å². The van der Waals surface area contributed by atoms with Crippen LogP contribution in [0.2, 0.25) is 0 Å². The van der Waals surface area contributed by atoms with Crippen molar-refractivity contribution in [3.05, 3.63) is 22.9 Å². The number of rotatable bonds is 4. The fraction of sp³-hybridized carbons (Fsp3) is 0.286. The Labute approximate surface area is 102 Å². The van der Waals surface area contributed by atoms with Crippen LogP contribution in [0.5, 0.6) is 0 Å². The summed E-state index contributed by atoms with van der Waals surface area (Å²) in [6, 6.07) is 1.42. The molecule has 0 unspecified atom stereocenters. The van der Waals surface area contributed by atoms with Gasteiger partial charge in [0.25, 0.3) is 0 Å². The van der Waals surface area contributed by atoms with Crippen LogP contribution in [-0.4, -0.2) is 33.2 Å². The lowest BCUT2D eigenvalue weighted by molar-refractivity contribution is 0.595. The van der Waals surface area contributed by atoms with Crippen molar-refractivity contribution in [2.24, 2.45) is 0 Å². The Balaban J connectivity index is 2.95. The molecule has 1 rings (SSSR count). The van der Waals surface area contributed by atoms with Gasteiger partial charge < -0.3 is 0 Å². The first-order chi connectivity index (χ1) is 7.20. The van der Waals surface area contributed by atoms with Gasteiger partial charge in [0.1, 0.15) is 0 Å². The van der Waals surface area contributed by atoms with Gasteiger partial charge in [-0.15, -0.1) is 0 Å². The molecule has 0 spiro atoms. The molecule has 0 bridgehead atoms. The molecular weight excluding hydrogens is 320 g/mol. The maximum absolute atomic E-state index is 11.4. The van der Waals surface area contributed by atoms with E-state index < -0.39 is 24.9 Å². The largest absolute Gasteiger partial charge is 0.281 e. The van der Waals surface area contributed by atoms with E-state index in [-0.39, 0.29) is 5.69 Å². The highest BCUT2D eigenvalue weighted by atomic mass is 79.9. The monoisotopic (exact) mass is 328 g/mol. The number of aromatic nitrogens is 1. The van der Waals surface area contributed by atoms with Crippen LogP contribution in [0.25, 0.3) is 0 Å². The standard InChI is InChI=1S/C7H9BrN2O4S2/c1-15(11,12)5-16(13,14)10-7-2-3-9-4-6(7)8/h2-4H,5H2,1H3,(H,9,10). The molecule has 0 aliphatic rings. The van der Waals surface area contributed by atoms with E-state index in [1.165, 1.54) is 18.5 Å². The molecule has 0 radical (unpaired) electrons. The van der Waals surface area contributed by atoms with Gasteiger partial charge in [-0.05, 0) is 22.0 Å². The maximum atomic E-state index is 11.4. The van der Waals surface area contributed by atoms with Crippen LogP contribution in [0.1, 0.15) is 0 Å². The summed E-state index contributed by atoms with van der Waals surface area (Å²) in [4.78, 5) is 3.75. The third-order valence-corrected chi connectivity index (χ3v) is 5.52. The van der Waals surface area contributed by atoms with Gasteiger partial charge in [-0.2, -0.15) is 0 Å². The number of halogens is 1. The average molecular weight is 329 g/mol. The first-order valence-corrected chi connectivity index (χ1v) is 8.48. The van der Waals surface area contributed by atoms with E-state index in [1.807, 2.05) is 0 Å². The highest BCUT2D eigenvalue weighted by Crippen LogP contribution is 2.21. The third-order valence-electron chi connectivity index (χ3n) is 1.41. The number of sulfonamides is 1. The minimum atomic E-state index is -3.91. The van der Waals surface area contributed by atoms with Gasteiger partial charge >= 0.3 is 0 Å². The molecule has 1 N–H and O–H groups in total. The summed E-state index contributed by atoms with van der Waals surface area (Å²) >= 11 is 3.09. The first kappa shape index (κ1) is 13.4. The number of sulfone groups is 1. The van der Waals surface area contributed by atoms with E-state index in [1.54, 1.807) is 0 Å². The smallest absolute Gasteiger partial charge is 0.247 e. The molecule has 0 saturated heterocycles. The third kappa shape index (κ3) is 4.45. The summed E-state index contributed by atoms with van der Waals surface area (Å²) < 4.78 is 47.2. The molecule has 0 aromatic carbocycles. The van der Waals surface area contributed by atoms with E-state index in [0.29, 0.717) is 4.47 Å². The zero-order chi connectivity index (χ0) is 12.4. The highest BCUT2D eigenvalue weighted by Gasteiger charge is 2.18. The van der Waals surface area contributed by atoms with Gasteiger partial charge in [0, 0.05) is 18.6 Å². The quantitative estimate of drug-likeness (QED) is 0.872. The van der Waals surface area contributed by atoms with E-state index in [0.717, 1.165) is 6.26 Å². The van der Waals surface area contributed by atoms with Crippen molar-refractivity contribution in [3.8, 4) is 0 Å². The van der Waals surface area contributed by atoms with Crippen molar-refractivity contribution in [1.82, 2.24) is 4.98 Å².